The summed E-state index contributed by atoms with van der Waals surface area (Å²) >= 11 is 1.32. The quantitative estimate of drug-likeness (QED) is 0.658. The number of nitrogens with zero attached hydrogens (tertiary/aromatic N) is 2. The summed E-state index contributed by atoms with van der Waals surface area (Å²) in [7, 11) is -3.97. The lowest BCUT2D eigenvalue weighted by Crippen LogP contribution is -2.43. The molecule has 1 saturated heterocycles. The second-order valence-corrected chi connectivity index (χ2v) is 10.9. The van der Waals surface area contributed by atoms with Gasteiger partial charge in [-0.25, -0.2) is 12.8 Å². The van der Waals surface area contributed by atoms with E-state index in [1.54, 1.807) is 0 Å². The van der Waals surface area contributed by atoms with Gasteiger partial charge in [-0.05, 0) is 55.6 Å². The third-order valence-electron chi connectivity index (χ3n) is 5.99. The zero-order valence-electron chi connectivity index (χ0n) is 17.6. The molecular formula is C21H25FN4O4S2. The van der Waals surface area contributed by atoms with Crippen LogP contribution < -0.4 is 11.1 Å². The summed E-state index contributed by atoms with van der Waals surface area (Å²) in [5.74, 6) is -1.64. The molecule has 0 bridgehead atoms. The van der Waals surface area contributed by atoms with Crippen molar-refractivity contribution in [3.05, 3.63) is 46.1 Å². The predicted octanol–water partition coefficient (Wildman–Crippen LogP) is 2.16. The molecule has 3 N–H and O–H groups in total. The maximum absolute atomic E-state index is 13.2. The molecule has 32 heavy (non-hydrogen) atoms. The summed E-state index contributed by atoms with van der Waals surface area (Å²) in [5, 5.41) is 3.15. The van der Waals surface area contributed by atoms with Crippen LogP contribution in [0.5, 0.6) is 0 Å². The van der Waals surface area contributed by atoms with E-state index in [4.69, 9.17) is 5.73 Å². The van der Waals surface area contributed by atoms with Gasteiger partial charge in [0.05, 0.1) is 10.5 Å². The number of nitrogens with one attached hydrogen (secondary N) is 1. The molecule has 8 nitrogen and oxygen atoms in total. The first-order chi connectivity index (χ1) is 15.2. The number of fused-ring (bicyclic) bond motifs is 1. The largest absolute Gasteiger partial charge is 0.365 e. The number of primary amides is 1. The van der Waals surface area contributed by atoms with Crippen molar-refractivity contribution in [1.82, 2.24) is 9.21 Å². The maximum atomic E-state index is 13.2. The monoisotopic (exact) mass is 480 g/mol. The first kappa shape index (κ1) is 22.8. The van der Waals surface area contributed by atoms with Gasteiger partial charge < -0.3 is 11.1 Å². The Morgan fingerprint density at radius 3 is 2.62 bits per heavy atom. The van der Waals surface area contributed by atoms with Crippen LogP contribution in [0.25, 0.3) is 0 Å². The number of benzene rings is 1. The molecule has 1 unspecified atom stereocenters. The third-order valence-corrected chi connectivity index (χ3v) is 9.05. The van der Waals surface area contributed by atoms with Crippen LogP contribution in [0.2, 0.25) is 0 Å². The number of halogens is 1. The molecule has 2 amide bonds. The topological polar surface area (TPSA) is 113 Å². The highest BCUT2D eigenvalue weighted by Crippen LogP contribution is 2.37. The van der Waals surface area contributed by atoms with E-state index in [9.17, 15) is 22.4 Å². The minimum atomic E-state index is -3.97. The summed E-state index contributed by atoms with van der Waals surface area (Å²) in [5.41, 5.74) is 6.82. The summed E-state index contributed by atoms with van der Waals surface area (Å²) in [6.45, 7) is 4.62. The van der Waals surface area contributed by atoms with Crippen LogP contribution >= 0.6 is 11.3 Å². The molecule has 1 aromatic heterocycles. The van der Waals surface area contributed by atoms with Crippen LogP contribution in [0.4, 0.5) is 9.39 Å². The van der Waals surface area contributed by atoms with E-state index in [0.29, 0.717) is 36.4 Å². The van der Waals surface area contributed by atoms with E-state index in [2.05, 4.69) is 17.1 Å². The number of nitrogens with two attached hydrogens (primary N) is 1. The highest BCUT2D eigenvalue weighted by atomic mass is 32.2. The Morgan fingerprint density at radius 1 is 1.25 bits per heavy atom. The normalized spacial score (nSPS) is 19.6. The Labute approximate surface area is 190 Å². The Bertz CT molecular complexity index is 1150. The number of anilines is 1. The first-order valence-corrected chi connectivity index (χ1v) is 12.7. The zero-order valence-corrected chi connectivity index (χ0v) is 19.3. The van der Waals surface area contributed by atoms with Crippen molar-refractivity contribution in [2.24, 2.45) is 5.73 Å². The summed E-state index contributed by atoms with van der Waals surface area (Å²) in [4.78, 5) is 28.5. The average molecular weight is 481 g/mol. The number of carbonyl (C=O) groups excluding carboxylic acids is 2. The van der Waals surface area contributed by atoms with E-state index in [1.165, 1.54) is 23.5 Å². The highest BCUT2D eigenvalue weighted by molar-refractivity contribution is 7.89. The molecule has 2 aliphatic heterocycles. The lowest BCUT2D eigenvalue weighted by Gasteiger charge is -2.25. The van der Waals surface area contributed by atoms with Crippen LogP contribution in [-0.2, 0) is 27.8 Å². The van der Waals surface area contributed by atoms with Crippen LogP contribution in [0.3, 0.4) is 0 Å². The fourth-order valence-corrected chi connectivity index (χ4v) is 7.26. The second-order valence-electron chi connectivity index (χ2n) is 7.91. The molecule has 11 heteroatoms. The van der Waals surface area contributed by atoms with Gasteiger partial charge >= 0.3 is 0 Å². The minimum Gasteiger partial charge on any atom is -0.365 e. The van der Waals surface area contributed by atoms with Gasteiger partial charge in [-0.3, -0.25) is 14.5 Å². The van der Waals surface area contributed by atoms with Crippen LogP contribution in [0, 0.1) is 5.82 Å². The molecule has 2 aliphatic rings. The molecule has 1 fully saturated rings. The summed E-state index contributed by atoms with van der Waals surface area (Å²) in [6.07, 6.45) is 1.54. The number of amides is 2. The molecular weight excluding hydrogens is 455 g/mol. The molecule has 3 heterocycles. The Morgan fingerprint density at radius 2 is 1.97 bits per heavy atom. The van der Waals surface area contributed by atoms with Gasteiger partial charge in [0.15, 0.2) is 0 Å². The van der Waals surface area contributed by atoms with Crippen molar-refractivity contribution < 1.29 is 22.4 Å². The maximum Gasteiger partial charge on any atom is 0.251 e. The van der Waals surface area contributed by atoms with E-state index < -0.39 is 33.7 Å². The number of thiophene rings is 1. The van der Waals surface area contributed by atoms with Crippen molar-refractivity contribution in [2.75, 3.05) is 25.0 Å². The van der Waals surface area contributed by atoms with E-state index >= 15 is 0 Å². The molecule has 4 rings (SSSR count). The van der Waals surface area contributed by atoms with Crippen molar-refractivity contribution >= 4 is 38.2 Å². The van der Waals surface area contributed by atoms with Crippen molar-refractivity contribution in [3.8, 4) is 0 Å². The number of hydrogen-bond acceptors (Lipinski definition) is 6. The van der Waals surface area contributed by atoms with Gasteiger partial charge in [-0.2, -0.15) is 4.31 Å². The van der Waals surface area contributed by atoms with Gasteiger partial charge in [0, 0.05) is 24.5 Å². The second kappa shape index (κ2) is 8.89. The number of likely N-dealkylation sites (N-methyl/N-ethyl adjacent to an activating group) is 1. The molecule has 0 saturated carbocycles. The number of hydrogen-bond donors (Lipinski definition) is 2. The Kier molecular flexibility index (Phi) is 6.35. The molecule has 172 valence electrons. The molecule has 1 aromatic carbocycles. The van der Waals surface area contributed by atoms with Crippen molar-refractivity contribution in [1.29, 1.82) is 0 Å². The predicted molar refractivity (Wildman–Crippen MR) is 119 cm³/mol. The first-order valence-electron chi connectivity index (χ1n) is 10.5. The number of sulfonamides is 1. The Hall–Kier alpha value is -2.34. The van der Waals surface area contributed by atoms with Gasteiger partial charge in [-0.1, -0.05) is 6.92 Å². The van der Waals surface area contributed by atoms with Crippen LogP contribution in [0.1, 0.15) is 40.6 Å². The molecule has 0 spiro atoms. The third kappa shape index (κ3) is 4.17. The van der Waals surface area contributed by atoms with Gasteiger partial charge in [0.25, 0.3) is 5.91 Å². The van der Waals surface area contributed by atoms with Gasteiger partial charge in [0.1, 0.15) is 16.9 Å². The molecule has 0 aliphatic carbocycles. The Balaban J connectivity index is 1.59. The minimum absolute atomic E-state index is 0.0670. The number of carbonyl (C=O) groups is 2. The SMILES string of the molecule is CCN1CCc2c(sc(NC(=O)C3CCCN3S(=O)(=O)c3ccc(F)cc3)c2C(N)=O)C1. The number of rotatable bonds is 6. The highest BCUT2D eigenvalue weighted by Gasteiger charge is 2.40. The lowest BCUT2D eigenvalue weighted by molar-refractivity contribution is -0.119. The van der Waals surface area contributed by atoms with Gasteiger partial charge in [-0.15, -0.1) is 11.3 Å². The average Bonchev–Trinajstić information content (AvgIpc) is 3.38. The summed E-state index contributed by atoms with van der Waals surface area (Å²) < 4.78 is 40.5. The smallest absolute Gasteiger partial charge is 0.251 e. The van der Waals surface area contributed by atoms with E-state index in [-0.39, 0.29) is 11.4 Å². The lowest BCUT2D eigenvalue weighted by atomic mass is 10.0. The van der Waals surface area contributed by atoms with Crippen molar-refractivity contribution in [2.45, 2.75) is 43.7 Å². The van der Waals surface area contributed by atoms with E-state index in [1.807, 2.05) is 0 Å². The molecule has 1 atom stereocenters. The standard InChI is InChI=1S/C21H25FN4O4S2/c1-2-25-11-9-15-17(12-25)31-21(18(15)19(23)27)24-20(28)16-4-3-10-26(16)32(29,30)14-7-5-13(22)6-8-14/h5-8,16H,2-4,9-12H2,1H3,(H2,23,27)(H,24,28). The molecule has 2 aromatic rings. The zero-order chi connectivity index (χ0) is 23.0. The van der Waals surface area contributed by atoms with Crippen molar-refractivity contribution in [3.63, 3.8) is 0 Å². The van der Waals surface area contributed by atoms with Crippen LogP contribution in [-0.4, -0.2) is 55.1 Å². The summed E-state index contributed by atoms with van der Waals surface area (Å²) in [6, 6.07) is 3.61. The van der Waals surface area contributed by atoms with Gasteiger partial charge in [0.2, 0.25) is 15.9 Å². The molecule has 0 radical (unpaired) electrons. The fraction of sp³-hybridized carbons (Fsp3) is 0.429. The van der Waals surface area contributed by atoms with E-state index in [0.717, 1.165) is 40.0 Å². The van der Waals surface area contributed by atoms with Crippen LogP contribution in [0.15, 0.2) is 29.2 Å². The fourth-order valence-electron chi connectivity index (χ4n) is 4.30.